The molecule has 1 aromatic heterocycles. The lowest BCUT2D eigenvalue weighted by Crippen LogP contribution is -2.43. The number of nitrogens with zero attached hydrogens (tertiary/aromatic N) is 1. The van der Waals surface area contributed by atoms with E-state index in [4.69, 9.17) is 4.74 Å². The Morgan fingerprint density at radius 1 is 1.32 bits per heavy atom. The highest BCUT2D eigenvalue weighted by Gasteiger charge is 2.23. The zero-order valence-corrected chi connectivity index (χ0v) is 12.3. The first-order chi connectivity index (χ1) is 10.6. The Kier molecular flexibility index (Phi) is 4.04. The number of nitrogens with one attached hydrogen (secondary N) is 1. The maximum atomic E-state index is 14.3. The third-order valence-corrected chi connectivity index (χ3v) is 3.68. The molecular formula is C17H17FN2O2. The zero-order valence-electron chi connectivity index (χ0n) is 12.3. The Hall–Kier alpha value is -2.43. The molecule has 2 aromatic rings. The van der Waals surface area contributed by atoms with Gasteiger partial charge < -0.3 is 10.1 Å². The van der Waals surface area contributed by atoms with Gasteiger partial charge in [0.25, 0.3) is 5.91 Å². The first kappa shape index (κ1) is 14.5. The molecule has 1 aromatic carbocycles. The second-order valence-corrected chi connectivity index (χ2v) is 5.37. The Bertz CT molecular complexity index is 686. The van der Waals surface area contributed by atoms with Gasteiger partial charge >= 0.3 is 0 Å². The number of amides is 1. The minimum absolute atomic E-state index is 0.140. The number of hydrogen-bond acceptors (Lipinski definition) is 3. The summed E-state index contributed by atoms with van der Waals surface area (Å²) in [5, 5.41) is 2.74. The molecule has 1 saturated heterocycles. The number of pyridine rings is 1. The number of carbonyl (C=O) groups is 1. The smallest absolute Gasteiger partial charge is 0.261 e. The average molecular weight is 300 g/mol. The second kappa shape index (κ2) is 6.13. The molecule has 3 rings (SSSR count). The molecule has 2 heterocycles. The molecule has 22 heavy (non-hydrogen) atoms. The summed E-state index contributed by atoms with van der Waals surface area (Å²) in [5.41, 5.74) is 2.06. The van der Waals surface area contributed by atoms with E-state index >= 15 is 0 Å². The molecule has 0 saturated carbocycles. The van der Waals surface area contributed by atoms with Crippen molar-refractivity contribution in [2.45, 2.75) is 25.9 Å². The highest BCUT2D eigenvalue weighted by Crippen LogP contribution is 2.27. The molecule has 1 fully saturated rings. The van der Waals surface area contributed by atoms with Gasteiger partial charge in [-0.3, -0.25) is 9.78 Å². The van der Waals surface area contributed by atoms with Crippen LogP contribution in [0.3, 0.4) is 0 Å². The Morgan fingerprint density at radius 3 is 2.86 bits per heavy atom. The van der Waals surface area contributed by atoms with E-state index in [1.165, 1.54) is 6.07 Å². The van der Waals surface area contributed by atoms with Gasteiger partial charge in [0, 0.05) is 35.6 Å². The van der Waals surface area contributed by atoms with Crippen molar-refractivity contribution in [3.8, 4) is 16.9 Å². The van der Waals surface area contributed by atoms with Crippen molar-refractivity contribution < 1.29 is 13.9 Å². The van der Waals surface area contributed by atoms with Gasteiger partial charge in [0.1, 0.15) is 11.6 Å². The predicted octanol–water partition coefficient (Wildman–Crippen LogP) is 2.85. The molecule has 1 aliphatic rings. The average Bonchev–Trinajstić information content (AvgIpc) is 2.51. The molecule has 0 radical (unpaired) electrons. The number of piperidine rings is 1. The van der Waals surface area contributed by atoms with E-state index in [-0.39, 0.29) is 11.7 Å². The molecular weight excluding hydrogens is 283 g/mol. The molecule has 5 heteroatoms. The fraction of sp³-hybridized carbons (Fsp3) is 0.294. The van der Waals surface area contributed by atoms with E-state index in [0.29, 0.717) is 29.8 Å². The molecule has 4 nitrogen and oxygen atoms in total. The lowest BCUT2D eigenvalue weighted by atomic mass is 10.1. The monoisotopic (exact) mass is 300 g/mol. The molecule has 0 aliphatic carbocycles. The fourth-order valence-corrected chi connectivity index (χ4v) is 2.45. The second-order valence-electron chi connectivity index (χ2n) is 5.37. The maximum Gasteiger partial charge on any atom is 0.261 e. The lowest BCUT2D eigenvalue weighted by Gasteiger charge is -2.23. The van der Waals surface area contributed by atoms with Crippen molar-refractivity contribution in [1.82, 2.24) is 10.3 Å². The van der Waals surface area contributed by atoms with Crippen molar-refractivity contribution in [2.24, 2.45) is 0 Å². The highest BCUT2D eigenvalue weighted by molar-refractivity contribution is 5.81. The summed E-state index contributed by atoms with van der Waals surface area (Å²) in [6.45, 7) is 2.55. The van der Waals surface area contributed by atoms with Crippen LogP contribution < -0.4 is 10.1 Å². The van der Waals surface area contributed by atoms with Crippen molar-refractivity contribution >= 4 is 5.91 Å². The standard InChI is InChI=1S/C17H17FN2O2/c1-11-4-5-12(10-20-11)14-7-6-13(9-15(14)18)22-16-3-2-8-19-17(16)21/h4-7,9-10,16H,2-3,8H2,1H3,(H,19,21). The van der Waals surface area contributed by atoms with Gasteiger partial charge in [-0.2, -0.15) is 0 Å². The Labute approximate surface area is 128 Å². The first-order valence-electron chi connectivity index (χ1n) is 7.30. The molecule has 1 unspecified atom stereocenters. The number of ether oxygens (including phenoxy) is 1. The molecule has 0 spiro atoms. The Balaban J connectivity index is 1.80. The van der Waals surface area contributed by atoms with Crippen molar-refractivity contribution in [3.05, 3.63) is 48.0 Å². The van der Waals surface area contributed by atoms with Crippen LogP contribution in [0.2, 0.25) is 0 Å². The van der Waals surface area contributed by atoms with Crippen LogP contribution in [0.15, 0.2) is 36.5 Å². The van der Waals surface area contributed by atoms with Crippen LogP contribution in [0.25, 0.3) is 11.1 Å². The van der Waals surface area contributed by atoms with E-state index < -0.39 is 6.10 Å². The summed E-state index contributed by atoms with van der Waals surface area (Å²) in [6.07, 6.45) is 2.62. The third kappa shape index (κ3) is 3.08. The number of hydrogen-bond donors (Lipinski definition) is 1. The Morgan fingerprint density at radius 2 is 2.18 bits per heavy atom. The lowest BCUT2D eigenvalue weighted by molar-refractivity contribution is -0.129. The van der Waals surface area contributed by atoms with E-state index in [0.717, 1.165) is 12.1 Å². The molecule has 1 N–H and O–H groups in total. The number of benzene rings is 1. The predicted molar refractivity (Wildman–Crippen MR) is 81.0 cm³/mol. The van der Waals surface area contributed by atoms with Gasteiger partial charge in [-0.15, -0.1) is 0 Å². The van der Waals surface area contributed by atoms with E-state index in [1.54, 1.807) is 18.3 Å². The van der Waals surface area contributed by atoms with Crippen LogP contribution in [-0.2, 0) is 4.79 Å². The van der Waals surface area contributed by atoms with E-state index in [1.807, 2.05) is 19.1 Å². The van der Waals surface area contributed by atoms with E-state index in [2.05, 4.69) is 10.3 Å². The number of aryl methyl sites for hydroxylation is 1. The number of carbonyl (C=O) groups excluding carboxylic acids is 1. The summed E-state index contributed by atoms with van der Waals surface area (Å²) in [7, 11) is 0. The molecule has 0 bridgehead atoms. The van der Waals surface area contributed by atoms with Crippen molar-refractivity contribution in [2.75, 3.05) is 6.54 Å². The zero-order chi connectivity index (χ0) is 15.5. The molecule has 1 amide bonds. The molecule has 1 aliphatic heterocycles. The van der Waals surface area contributed by atoms with Gasteiger partial charge in [0.2, 0.25) is 0 Å². The fourth-order valence-electron chi connectivity index (χ4n) is 2.45. The van der Waals surface area contributed by atoms with Crippen LogP contribution in [0.1, 0.15) is 18.5 Å². The number of rotatable bonds is 3. The number of halogens is 1. The molecule has 1 atom stereocenters. The number of aromatic nitrogens is 1. The minimum atomic E-state index is -0.542. The topological polar surface area (TPSA) is 51.2 Å². The minimum Gasteiger partial charge on any atom is -0.481 e. The summed E-state index contributed by atoms with van der Waals surface area (Å²) < 4.78 is 19.9. The van der Waals surface area contributed by atoms with Crippen molar-refractivity contribution in [1.29, 1.82) is 0 Å². The van der Waals surface area contributed by atoms with Gasteiger partial charge in [0.15, 0.2) is 6.10 Å². The summed E-state index contributed by atoms with van der Waals surface area (Å²) in [5.74, 6) is -0.166. The maximum absolute atomic E-state index is 14.3. The first-order valence-corrected chi connectivity index (χ1v) is 7.30. The summed E-state index contributed by atoms with van der Waals surface area (Å²) in [6, 6.07) is 8.32. The summed E-state index contributed by atoms with van der Waals surface area (Å²) >= 11 is 0. The van der Waals surface area contributed by atoms with Crippen molar-refractivity contribution in [3.63, 3.8) is 0 Å². The van der Waals surface area contributed by atoms with Gasteiger partial charge in [-0.1, -0.05) is 6.07 Å². The normalized spacial score (nSPS) is 17.9. The van der Waals surface area contributed by atoms with Crippen LogP contribution in [0.4, 0.5) is 4.39 Å². The van der Waals surface area contributed by atoms with E-state index in [9.17, 15) is 9.18 Å². The van der Waals surface area contributed by atoms with Gasteiger partial charge in [-0.05, 0) is 38.0 Å². The van der Waals surface area contributed by atoms with Crippen LogP contribution in [0, 0.1) is 12.7 Å². The third-order valence-electron chi connectivity index (χ3n) is 3.68. The van der Waals surface area contributed by atoms with Gasteiger partial charge in [0.05, 0.1) is 0 Å². The van der Waals surface area contributed by atoms with Crippen LogP contribution >= 0.6 is 0 Å². The van der Waals surface area contributed by atoms with Gasteiger partial charge in [-0.25, -0.2) is 4.39 Å². The quantitative estimate of drug-likeness (QED) is 0.948. The summed E-state index contributed by atoms with van der Waals surface area (Å²) in [4.78, 5) is 15.8. The van der Waals surface area contributed by atoms with Crippen LogP contribution in [-0.4, -0.2) is 23.5 Å². The SMILES string of the molecule is Cc1ccc(-c2ccc(OC3CCCNC3=O)cc2F)cn1. The largest absolute Gasteiger partial charge is 0.481 e. The molecule has 114 valence electrons. The van der Waals surface area contributed by atoms with Crippen LogP contribution in [0.5, 0.6) is 5.75 Å². The highest BCUT2D eigenvalue weighted by atomic mass is 19.1.